The molecule has 0 spiro atoms. The van der Waals surface area contributed by atoms with Crippen LogP contribution in [0.15, 0.2) is 33.9 Å². The summed E-state index contributed by atoms with van der Waals surface area (Å²) in [4.78, 5) is 27.6. The first-order chi connectivity index (χ1) is 11.4. The molecule has 3 rings (SSSR count). The molecule has 1 aromatic carbocycles. The first-order valence-corrected chi connectivity index (χ1v) is 7.34. The standard InChI is InChI=1S/C15H13ClN4O4/c1-6-9(14(23)20-19-6)10(7-2-4-8(16)5-3-7)11-12(21)17-15(24)18-13(11)22/h2-5,10H,1H3,(H2,19,20,23)(H3,17,18,21,22,24)/t10-/m1/s1. The summed E-state index contributed by atoms with van der Waals surface area (Å²) < 4.78 is 0. The fourth-order valence-electron chi connectivity index (χ4n) is 2.69. The van der Waals surface area contributed by atoms with E-state index in [1.807, 2.05) is 9.97 Å². The number of halogens is 1. The molecular formula is C15H13ClN4O4. The molecule has 124 valence electrons. The molecule has 5 N–H and O–H groups in total. The van der Waals surface area contributed by atoms with Crippen LogP contribution < -0.4 is 21.5 Å². The molecule has 0 aliphatic carbocycles. The highest BCUT2D eigenvalue weighted by Gasteiger charge is 2.30. The number of hydrogen-bond acceptors (Lipinski definition) is 4. The van der Waals surface area contributed by atoms with E-state index in [4.69, 9.17) is 11.6 Å². The van der Waals surface area contributed by atoms with Crippen molar-refractivity contribution in [2.24, 2.45) is 0 Å². The van der Waals surface area contributed by atoms with E-state index in [0.717, 1.165) is 0 Å². The quantitative estimate of drug-likeness (QED) is 0.534. The van der Waals surface area contributed by atoms with Crippen LogP contribution in [0.1, 0.15) is 28.3 Å². The van der Waals surface area contributed by atoms with Crippen LogP contribution in [0, 0.1) is 6.92 Å². The van der Waals surface area contributed by atoms with Crippen molar-refractivity contribution in [3.8, 4) is 11.8 Å². The van der Waals surface area contributed by atoms with Gasteiger partial charge in [-0.1, -0.05) is 28.8 Å². The second kappa shape index (κ2) is 5.89. The molecule has 0 amide bonds. The van der Waals surface area contributed by atoms with Gasteiger partial charge in [0.15, 0.2) is 0 Å². The van der Waals surface area contributed by atoms with Gasteiger partial charge in [-0.3, -0.25) is 9.78 Å². The maximum absolute atomic E-state index is 12.3. The average molecular weight is 349 g/mol. The van der Waals surface area contributed by atoms with Gasteiger partial charge in [0, 0.05) is 10.6 Å². The second-order valence-corrected chi connectivity index (χ2v) is 5.71. The minimum Gasteiger partial charge on any atom is -0.860 e. The summed E-state index contributed by atoms with van der Waals surface area (Å²) >= 11 is 5.89. The summed E-state index contributed by atoms with van der Waals surface area (Å²) in [5, 5.41) is 28.1. The number of aromatic amines is 4. The Balaban J connectivity index is 2.34. The number of nitrogens with one attached hydrogen (secondary N) is 4. The lowest BCUT2D eigenvalue weighted by molar-refractivity contribution is -0.462. The van der Waals surface area contributed by atoms with Crippen LogP contribution in [0.2, 0.25) is 5.02 Å². The second-order valence-electron chi connectivity index (χ2n) is 5.27. The van der Waals surface area contributed by atoms with E-state index in [2.05, 4.69) is 10.2 Å². The van der Waals surface area contributed by atoms with Crippen molar-refractivity contribution in [3.05, 3.63) is 72.5 Å². The zero-order chi connectivity index (χ0) is 17.4. The SMILES string of the molecule is Cc1[nH][nH+]c(O)c1[C@@H](c1ccc(Cl)cc1)c1c([O-])[nH]c(=O)[nH]c1=O. The van der Waals surface area contributed by atoms with Gasteiger partial charge in [0.2, 0.25) is 0 Å². The summed E-state index contributed by atoms with van der Waals surface area (Å²) in [6.45, 7) is 1.68. The Kier molecular flexibility index (Phi) is 3.90. The number of aryl methyl sites for hydroxylation is 1. The molecule has 0 bridgehead atoms. The minimum atomic E-state index is -0.891. The highest BCUT2D eigenvalue weighted by atomic mass is 35.5. The number of H-pyrrole nitrogens is 4. The molecule has 0 aliphatic rings. The van der Waals surface area contributed by atoms with Crippen molar-refractivity contribution in [2.45, 2.75) is 12.8 Å². The number of aromatic nitrogens is 4. The Morgan fingerprint density at radius 1 is 1.17 bits per heavy atom. The lowest BCUT2D eigenvalue weighted by atomic mass is 9.86. The lowest BCUT2D eigenvalue weighted by Gasteiger charge is -2.20. The Labute approximate surface area is 139 Å². The molecule has 0 saturated carbocycles. The highest BCUT2D eigenvalue weighted by Crippen LogP contribution is 2.37. The van der Waals surface area contributed by atoms with Gasteiger partial charge in [-0.25, -0.2) is 4.79 Å². The molecule has 0 radical (unpaired) electrons. The summed E-state index contributed by atoms with van der Waals surface area (Å²) in [6, 6.07) is 6.50. The molecule has 0 fully saturated rings. The highest BCUT2D eigenvalue weighted by molar-refractivity contribution is 6.30. The third-order valence-corrected chi connectivity index (χ3v) is 4.00. The Morgan fingerprint density at radius 2 is 1.83 bits per heavy atom. The van der Waals surface area contributed by atoms with Crippen molar-refractivity contribution >= 4 is 11.6 Å². The van der Waals surface area contributed by atoms with E-state index in [1.54, 1.807) is 31.2 Å². The fraction of sp³-hybridized carbons (Fsp3) is 0.133. The summed E-state index contributed by atoms with van der Waals surface area (Å²) in [7, 11) is 0. The van der Waals surface area contributed by atoms with Crippen molar-refractivity contribution in [1.82, 2.24) is 15.1 Å². The lowest BCUT2D eigenvalue weighted by Crippen LogP contribution is -2.30. The van der Waals surface area contributed by atoms with Crippen LogP contribution in [-0.4, -0.2) is 20.2 Å². The number of rotatable bonds is 3. The Bertz CT molecular complexity index is 984. The molecule has 0 saturated heterocycles. The summed E-state index contributed by atoms with van der Waals surface area (Å²) in [5.74, 6) is -1.92. The molecular weight excluding hydrogens is 336 g/mol. The van der Waals surface area contributed by atoms with Gasteiger partial charge in [-0.2, -0.15) is 5.10 Å². The largest absolute Gasteiger partial charge is 0.860 e. The van der Waals surface area contributed by atoms with Gasteiger partial charge in [0.05, 0.1) is 11.6 Å². The van der Waals surface area contributed by atoms with Crippen molar-refractivity contribution in [2.75, 3.05) is 0 Å². The molecule has 8 nitrogen and oxygen atoms in total. The van der Waals surface area contributed by atoms with E-state index in [0.29, 0.717) is 21.8 Å². The molecule has 24 heavy (non-hydrogen) atoms. The van der Waals surface area contributed by atoms with Crippen LogP contribution in [0.4, 0.5) is 0 Å². The Hall–Kier alpha value is -3.00. The molecule has 0 aliphatic heterocycles. The van der Waals surface area contributed by atoms with Gasteiger partial charge >= 0.3 is 11.6 Å². The van der Waals surface area contributed by atoms with Crippen LogP contribution in [0.5, 0.6) is 11.8 Å². The number of aromatic hydroxyl groups is 1. The van der Waals surface area contributed by atoms with Gasteiger partial charge in [-0.05, 0) is 30.5 Å². The topological polar surface area (TPSA) is 139 Å². The molecule has 9 heteroatoms. The zero-order valence-corrected chi connectivity index (χ0v) is 13.2. The van der Waals surface area contributed by atoms with Crippen LogP contribution >= 0.6 is 11.6 Å². The summed E-state index contributed by atoms with van der Waals surface area (Å²) in [6.07, 6.45) is 0. The van der Waals surface area contributed by atoms with Crippen LogP contribution in [0.3, 0.4) is 0 Å². The number of hydrogen-bond donors (Lipinski definition) is 4. The van der Waals surface area contributed by atoms with Gasteiger partial charge in [0.1, 0.15) is 5.56 Å². The maximum atomic E-state index is 12.3. The predicted molar refractivity (Wildman–Crippen MR) is 83.3 cm³/mol. The van der Waals surface area contributed by atoms with Crippen molar-refractivity contribution in [1.29, 1.82) is 0 Å². The van der Waals surface area contributed by atoms with Gasteiger partial charge < -0.3 is 15.2 Å². The molecule has 2 heterocycles. The molecule has 3 aromatic rings. The van der Waals surface area contributed by atoms with E-state index >= 15 is 0 Å². The first kappa shape index (κ1) is 15.9. The van der Waals surface area contributed by atoms with Crippen LogP contribution in [-0.2, 0) is 0 Å². The number of benzene rings is 1. The third kappa shape index (κ3) is 2.67. The van der Waals surface area contributed by atoms with Crippen LogP contribution in [0.25, 0.3) is 0 Å². The fourth-order valence-corrected chi connectivity index (χ4v) is 2.81. The van der Waals surface area contributed by atoms with E-state index in [-0.39, 0.29) is 11.4 Å². The molecule has 0 unspecified atom stereocenters. The Morgan fingerprint density at radius 3 is 2.38 bits per heavy atom. The van der Waals surface area contributed by atoms with E-state index in [9.17, 15) is 19.8 Å². The van der Waals surface area contributed by atoms with E-state index < -0.39 is 23.0 Å². The average Bonchev–Trinajstić information content (AvgIpc) is 2.83. The van der Waals surface area contributed by atoms with Gasteiger partial charge in [-0.15, -0.1) is 0 Å². The maximum Gasteiger partial charge on any atom is 0.393 e. The predicted octanol–water partition coefficient (Wildman–Crippen LogP) is 0.127. The zero-order valence-electron chi connectivity index (χ0n) is 12.4. The minimum absolute atomic E-state index is 0.205. The molecule has 2 aromatic heterocycles. The van der Waals surface area contributed by atoms with Gasteiger partial charge in [0.25, 0.3) is 5.56 Å². The summed E-state index contributed by atoms with van der Waals surface area (Å²) in [5.41, 5.74) is -0.484. The normalized spacial score (nSPS) is 12.2. The monoisotopic (exact) mass is 348 g/mol. The van der Waals surface area contributed by atoms with Crippen molar-refractivity contribution in [3.63, 3.8) is 0 Å². The smallest absolute Gasteiger partial charge is 0.393 e. The third-order valence-electron chi connectivity index (χ3n) is 3.75. The first-order valence-electron chi connectivity index (χ1n) is 6.96. The van der Waals surface area contributed by atoms with E-state index in [1.165, 1.54) is 0 Å². The molecule has 1 atom stereocenters. The van der Waals surface area contributed by atoms with Crippen molar-refractivity contribution < 1.29 is 15.3 Å².